The van der Waals surface area contributed by atoms with E-state index in [2.05, 4.69) is 15.3 Å². The molecule has 0 amide bonds. The van der Waals surface area contributed by atoms with Crippen LogP contribution < -0.4 is 5.32 Å². The molecule has 2 heterocycles. The molecular formula is C11H11ClN4O2S. The Labute approximate surface area is 118 Å². The highest BCUT2D eigenvalue weighted by atomic mass is 35.5. The van der Waals surface area contributed by atoms with E-state index in [1.807, 2.05) is 17.5 Å². The number of hydrogen-bond acceptors (Lipinski definition) is 6. The van der Waals surface area contributed by atoms with Gasteiger partial charge in [0.15, 0.2) is 0 Å². The zero-order valence-electron chi connectivity index (χ0n) is 10.1. The molecular weight excluding hydrogens is 288 g/mol. The molecule has 1 N–H and O–H groups in total. The number of aryl methyl sites for hydroxylation is 1. The van der Waals surface area contributed by atoms with Crippen molar-refractivity contribution in [2.24, 2.45) is 0 Å². The predicted octanol–water partition coefficient (Wildman–Crippen LogP) is 3.06. The van der Waals surface area contributed by atoms with E-state index in [1.54, 1.807) is 11.3 Å². The minimum Gasteiger partial charge on any atom is -0.364 e. The van der Waals surface area contributed by atoms with Gasteiger partial charge in [-0.05, 0) is 36.4 Å². The molecule has 0 saturated carbocycles. The molecule has 0 atom stereocenters. The second-order valence-electron chi connectivity index (χ2n) is 3.79. The maximum atomic E-state index is 11.0. The summed E-state index contributed by atoms with van der Waals surface area (Å²) in [5, 5.41) is 15.9. The van der Waals surface area contributed by atoms with Gasteiger partial charge in [0.25, 0.3) is 0 Å². The third-order valence-corrected chi connectivity index (χ3v) is 3.56. The maximum absolute atomic E-state index is 11.0. The number of nitrogens with one attached hydrogen (secondary N) is 1. The van der Waals surface area contributed by atoms with Crippen molar-refractivity contribution in [3.63, 3.8) is 0 Å². The number of halogens is 1. The number of aromatic nitrogens is 2. The first-order valence-corrected chi connectivity index (χ1v) is 6.78. The fourth-order valence-corrected chi connectivity index (χ4v) is 2.55. The van der Waals surface area contributed by atoms with Gasteiger partial charge < -0.3 is 5.32 Å². The molecule has 100 valence electrons. The fraction of sp³-hybridized carbons (Fsp3) is 0.273. The number of hydrogen-bond donors (Lipinski definition) is 1. The molecule has 0 aliphatic heterocycles. The molecule has 2 rings (SSSR count). The monoisotopic (exact) mass is 298 g/mol. The van der Waals surface area contributed by atoms with Crippen LogP contribution in [0.1, 0.15) is 10.6 Å². The second-order valence-corrected chi connectivity index (χ2v) is 5.16. The summed E-state index contributed by atoms with van der Waals surface area (Å²) in [5.41, 5.74) is 0.124. The molecule has 0 fully saturated rings. The van der Waals surface area contributed by atoms with Crippen LogP contribution in [0.4, 0.5) is 11.5 Å². The van der Waals surface area contributed by atoms with Gasteiger partial charge in [0.1, 0.15) is 5.69 Å². The molecule has 6 nitrogen and oxygen atoms in total. The second kappa shape index (κ2) is 5.94. The largest absolute Gasteiger partial charge is 0.364 e. The molecule has 2 aromatic heterocycles. The highest BCUT2D eigenvalue weighted by Crippen LogP contribution is 2.26. The Morgan fingerprint density at radius 1 is 1.53 bits per heavy atom. The van der Waals surface area contributed by atoms with Gasteiger partial charge in [0.2, 0.25) is 11.1 Å². The van der Waals surface area contributed by atoms with Crippen LogP contribution in [0.15, 0.2) is 17.5 Å². The first-order valence-electron chi connectivity index (χ1n) is 5.52. The van der Waals surface area contributed by atoms with Crippen LogP contribution in [0.5, 0.6) is 0 Å². The highest BCUT2D eigenvalue weighted by molar-refractivity contribution is 7.09. The van der Waals surface area contributed by atoms with Gasteiger partial charge in [-0.15, -0.1) is 11.3 Å². The zero-order valence-corrected chi connectivity index (χ0v) is 11.7. The standard InChI is InChI=1S/C11H11ClN4O2S/c1-7-9(16(17)18)10(15-11(12)14-7)13-5-4-8-3-2-6-19-8/h2-3,6H,4-5H2,1H3,(H,13,14,15). The minimum atomic E-state index is -0.501. The normalized spacial score (nSPS) is 10.4. The number of nitro groups is 1. The molecule has 2 aromatic rings. The van der Waals surface area contributed by atoms with E-state index < -0.39 is 4.92 Å². The number of nitrogens with zero attached hydrogens (tertiary/aromatic N) is 3. The lowest BCUT2D eigenvalue weighted by Crippen LogP contribution is -2.10. The third kappa shape index (κ3) is 3.39. The van der Waals surface area contributed by atoms with E-state index >= 15 is 0 Å². The summed E-state index contributed by atoms with van der Waals surface area (Å²) in [6.45, 7) is 2.09. The fourth-order valence-electron chi connectivity index (χ4n) is 1.63. The number of anilines is 1. The molecule has 0 radical (unpaired) electrons. The lowest BCUT2D eigenvalue weighted by atomic mass is 10.3. The Morgan fingerprint density at radius 2 is 2.32 bits per heavy atom. The van der Waals surface area contributed by atoms with Gasteiger partial charge in [0.05, 0.1) is 4.92 Å². The summed E-state index contributed by atoms with van der Waals surface area (Å²) < 4.78 is 0. The first-order chi connectivity index (χ1) is 9.08. The zero-order chi connectivity index (χ0) is 13.8. The Kier molecular flexibility index (Phi) is 4.28. The number of rotatable bonds is 5. The Morgan fingerprint density at radius 3 is 2.95 bits per heavy atom. The van der Waals surface area contributed by atoms with E-state index in [-0.39, 0.29) is 22.5 Å². The smallest absolute Gasteiger partial charge is 0.332 e. The van der Waals surface area contributed by atoms with Crippen molar-refractivity contribution in [3.8, 4) is 0 Å². The van der Waals surface area contributed by atoms with E-state index in [1.165, 1.54) is 11.8 Å². The summed E-state index contributed by atoms with van der Waals surface area (Å²) >= 11 is 7.36. The van der Waals surface area contributed by atoms with Crippen LogP contribution in [-0.4, -0.2) is 21.4 Å². The SMILES string of the molecule is Cc1nc(Cl)nc(NCCc2cccs2)c1[N+](=O)[O-]. The van der Waals surface area contributed by atoms with Gasteiger partial charge in [-0.2, -0.15) is 4.98 Å². The molecule has 0 bridgehead atoms. The van der Waals surface area contributed by atoms with Crippen LogP contribution >= 0.6 is 22.9 Å². The summed E-state index contributed by atoms with van der Waals surface area (Å²) in [5.74, 6) is 0.166. The van der Waals surface area contributed by atoms with Crippen LogP contribution in [0.3, 0.4) is 0 Å². The van der Waals surface area contributed by atoms with Crippen molar-refractivity contribution in [3.05, 3.63) is 43.5 Å². The average molecular weight is 299 g/mol. The molecule has 19 heavy (non-hydrogen) atoms. The Bertz CT molecular complexity index is 589. The van der Waals surface area contributed by atoms with Crippen molar-refractivity contribution in [1.29, 1.82) is 0 Å². The molecule has 0 spiro atoms. The van der Waals surface area contributed by atoms with E-state index in [9.17, 15) is 10.1 Å². The van der Waals surface area contributed by atoms with Gasteiger partial charge in [-0.25, -0.2) is 4.98 Å². The van der Waals surface area contributed by atoms with E-state index in [4.69, 9.17) is 11.6 Å². The van der Waals surface area contributed by atoms with Gasteiger partial charge >= 0.3 is 5.69 Å². The van der Waals surface area contributed by atoms with Gasteiger partial charge in [-0.1, -0.05) is 6.07 Å². The van der Waals surface area contributed by atoms with Crippen molar-refractivity contribution in [2.45, 2.75) is 13.3 Å². The van der Waals surface area contributed by atoms with E-state index in [0.717, 1.165) is 6.42 Å². The van der Waals surface area contributed by atoms with Crippen LogP contribution in [0, 0.1) is 17.0 Å². The van der Waals surface area contributed by atoms with Gasteiger partial charge in [0, 0.05) is 11.4 Å². The lowest BCUT2D eigenvalue weighted by molar-refractivity contribution is -0.385. The molecule has 0 aromatic carbocycles. The molecule has 0 aliphatic carbocycles. The summed E-state index contributed by atoms with van der Waals surface area (Å²) in [7, 11) is 0. The summed E-state index contributed by atoms with van der Waals surface area (Å²) in [6.07, 6.45) is 0.773. The topological polar surface area (TPSA) is 81.0 Å². The predicted molar refractivity (Wildman–Crippen MR) is 74.9 cm³/mol. The maximum Gasteiger partial charge on any atom is 0.332 e. The molecule has 0 aliphatic rings. The van der Waals surface area contributed by atoms with Crippen molar-refractivity contribution in [2.75, 3.05) is 11.9 Å². The summed E-state index contributed by atoms with van der Waals surface area (Å²) in [6, 6.07) is 3.98. The van der Waals surface area contributed by atoms with Crippen molar-refractivity contribution in [1.82, 2.24) is 9.97 Å². The minimum absolute atomic E-state index is 0.00160. The first kappa shape index (κ1) is 13.7. The van der Waals surface area contributed by atoms with Crippen molar-refractivity contribution >= 4 is 34.4 Å². The number of thiophene rings is 1. The van der Waals surface area contributed by atoms with Crippen molar-refractivity contribution < 1.29 is 4.92 Å². The van der Waals surface area contributed by atoms with Gasteiger partial charge in [-0.3, -0.25) is 10.1 Å². The molecule has 8 heteroatoms. The van der Waals surface area contributed by atoms with E-state index in [0.29, 0.717) is 6.54 Å². The molecule has 0 saturated heterocycles. The highest BCUT2D eigenvalue weighted by Gasteiger charge is 2.21. The van der Waals surface area contributed by atoms with Crippen LogP contribution in [-0.2, 0) is 6.42 Å². The quantitative estimate of drug-likeness (QED) is 0.521. The average Bonchev–Trinajstić information content (AvgIpc) is 2.80. The Balaban J connectivity index is 2.12. The summed E-state index contributed by atoms with van der Waals surface area (Å²) in [4.78, 5) is 19.4. The Hall–Kier alpha value is -1.73. The van der Waals surface area contributed by atoms with Crippen LogP contribution in [0.2, 0.25) is 5.28 Å². The van der Waals surface area contributed by atoms with Crippen LogP contribution in [0.25, 0.3) is 0 Å². The lowest BCUT2D eigenvalue weighted by Gasteiger charge is -2.07. The molecule has 0 unspecified atom stereocenters. The third-order valence-electron chi connectivity index (χ3n) is 2.46.